The zero-order valence-electron chi connectivity index (χ0n) is 18.0. The summed E-state index contributed by atoms with van der Waals surface area (Å²) in [6.07, 6.45) is 4.48. The first-order valence-corrected chi connectivity index (χ1v) is 10.7. The molecule has 1 amide bonds. The highest BCUT2D eigenvalue weighted by atomic mass is 16.5. The number of aromatic amines is 1. The van der Waals surface area contributed by atoms with Crippen molar-refractivity contribution in [2.24, 2.45) is 5.10 Å². The van der Waals surface area contributed by atoms with E-state index in [1.54, 1.807) is 0 Å². The van der Waals surface area contributed by atoms with E-state index >= 15 is 0 Å². The molecule has 0 aliphatic heterocycles. The van der Waals surface area contributed by atoms with Crippen molar-refractivity contribution >= 4 is 29.9 Å². The van der Waals surface area contributed by atoms with Crippen LogP contribution in [0.25, 0.3) is 11.4 Å². The fourth-order valence-corrected chi connectivity index (χ4v) is 3.73. The monoisotopic (exact) mass is 433 g/mol. The molecule has 0 atom stereocenters. The Bertz CT molecular complexity index is 1070. The number of rotatable bonds is 9. The number of anilines is 3. The molecule has 1 aliphatic rings. The number of hydrazone groups is 1. The average Bonchev–Trinajstić information content (AvgIpc) is 3.47. The molecule has 4 N–H and O–H groups in total. The minimum Gasteiger partial charge on any atom is -0.484 e. The zero-order valence-corrected chi connectivity index (χ0v) is 18.0. The quantitative estimate of drug-likeness (QED) is 0.300. The molecule has 4 rings (SSSR count). The van der Waals surface area contributed by atoms with Crippen LogP contribution in [0.1, 0.15) is 31.2 Å². The highest BCUT2D eigenvalue weighted by molar-refractivity contribution is 5.77. The van der Waals surface area contributed by atoms with E-state index in [1.165, 1.54) is 12.8 Å². The summed E-state index contributed by atoms with van der Waals surface area (Å²) < 4.78 is 5.60. The standard InChI is InChI=1S/C23H27N7O2/c1-15-13-18(9-12-20(15)28-24-2)26-23-27-22(29-30-23)16-7-10-19(11-8-16)32-14-21(31)25-17-5-3-4-6-17/h7-13,17,28H,2-6,14H2,1H3,(H,25,31)(H2,26,27,29,30). The number of aromatic nitrogens is 3. The van der Waals surface area contributed by atoms with Crippen molar-refractivity contribution in [2.75, 3.05) is 17.3 Å². The number of nitrogens with zero attached hydrogens (tertiary/aromatic N) is 3. The number of benzene rings is 2. The number of H-pyrrole nitrogens is 1. The number of ether oxygens (including phenoxy) is 1. The lowest BCUT2D eigenvalue weighted by atomic mass is 10.2. The van der Waals surface area contributed by atoms with Crippen LogP contribution in [0.15, 0.2) is 47.6 Å². The number of nitrogens with one attached hydrogen (secondary N) is 4. The Balaban J connectivity index is 1.32. The number of hydrogen-bond acceptors (Lipinski definition) is 7. The third kappa shape index (κ3) is 5.42. The molecule has 1 heterocycles. The molecule has 0 unspecified atom stereocenters. The van der Waals surface area contributed by atoms with Crippen LogP contribution in [0.5, 0.6) is 5.75 Å². The lowest BCUT2D eigenvalue weighted by Crippen LogP contribution is -2.36. The van der Waals surface area contributed by atoms with E-state index < -0.39 is 0 Å². The van der Waals surface area contributed by atoms with E-state index in [0.29, 0.717) is 23.6 Å². The number of hydrogen-bond donors (Lipinski definition) is 4. The molecule has 9 heteroatoms. The number of amides is 1. The van der Waals surface area contributed by atoms with E-state index in [-0.39, 0.29) is 12.5 Å². The van der Waals surface area contributed by atoms with Gasteiger partial charge in [-0.05, 0) is 67.8 Å². The third-order valence-corrected chi connectivity index (χ3v) is 5.39. The van der Waals surface area contributed by atoms with Crippen LogP contribution in [-0.4, -0.2) is 40.5 Å². The van der Waals surface area contributed by atoms with Crippen molar-refractivity contribution in [3.8, 4) is 17.1 Å². The summed E-state index contributed by atoms with van der Waals surface area (Å²) in [7, 11) is 0. The van der Waals surface area contributed by atoms with E-state index in [0.717, 1.165) is 35.3 Å². The Morgan fingerprint density at radius 3 is 2.69 bits per heavy atom. The minimum atomic E-state index is -0.0771. The predicted octanol–water partition coefficient (Wildman–Crippen LogP) is 3.99. The smallest absolute Gasteiger partial charge is 0.258 e. The largest absolute Gasteiger partial charge is 0.484 e. The highest BCUT2D eigenvalue weighted by Crippen LogP contribution is 2.24. The van der Waals surface area contributed by atoms with E-state index in [9.17, 15) is 4.79 Å². The first kappa shape index (κ1) is 21.4. The molecule has 3 aromatic rings. The van der Waals surface area contributed by atoms with Gasteiger partial charge in [0.2, 0.25) is 5.95 Å². The summed E-state index contributed by atoms with van der Waals surface area (Å²) in [5, 5.41) is 18.3. The normalized spacial score (nSPS) is 13.5. The van der Waals surface area contributed by atoms with Crippen molar-refractivity contribution in [1.82, 2.24) is 20.5 Å². The number of carbonyl (C=O) groups excluding carboxylic acids is 1. The molecule has 1 aromatic heterocycles. The van der Waals surface area contributed by atoms with Gasteiger partial charge in [-0.25, -0.2) is 0 Å². The van der Waals surface area contributed by atoms with Crippen molar-refractivity contribution in [2.45, 2.75) is 38.6 Å². The molecule has 0 saturated heterocycles. The first-order chi connectivity index (χ1) is 15.6. The Hall–Kier alpha value is -3.88. The summed E-state index contributed by atoms with van der Waals surface area (Å²) >= 11 is 0. The average molecular weight is 434 g/mol. The predicted molar refractivity (Wildman–Crippen MR) is 125 cm³/mol. The number of aryl methyl sites for hydroxylation is 1. The lowest BCUT2D eigenvalue weighted by Gasteiger charge is -2.12. The summed E-state index contributed by atoms with van der Waals surface area (Å²) in [6, 6.07) is 13.5. The van der Waals surface area contributed by atoms with Crippen LogP contribution in [0.3, 0.4) is 0 Å². The Morgan fingerprint density at radius 1 is 1.19 bits per heavy atom. The number of carbonyl (C=O) groups is 1. The van der Waals surface area contributed by atoms with Gasteiger partial charge >= 0.3 is 0 Å². The van der Waals surface area contributed by atoms with Gasteiger partial charge in [0.05, 0.1) is 5.69 Å². The maximum absolute atomic E-state index is 12.0. The maximum Gasteiger partial charge on any atom is 0.258 e. The van der Waals surface area contributed by atoms with Crippen LogP contribution in [0.4, 0.5) is 17.3 Å². The molecule has 2 aromatic carbocycles. The van der Waals surface area contributed by atoms with Gasteiger partial charge in [-0.15, -0.1) is 10.2 Å². The van der Waals surface area contributed by atoms with Crippen molar-refractivity contribution in [1.29, 1.82) is 0 Å². The van der Waals surface area contributed by atoms with Gasteiger partial charge in [0.15, 0.2) is 12.4 Å². The van der Waals surface area contributed by atoms with Crippen LogP contribution in [0, 0.1) is 6.92 Å². The van der Waals surface area contributed by atoms with Gasteiger partial charge in [0.25, 0.3) is 5.91 Å². The molecular formula is C23H27N7O2. The second kappa shape index (κ2) is 9.95. The fourth-order valence-electron chi connectivity index (χ4n) is 3.73. The van der Waals surface area contributed by atoms with Crippen molar-refractivity contribution in [3.05, 3.63) is 48.0 Å². The lowest BCUT2D eigenvalue weighted by molar-refractivity contribution is -0.123. The summed E-state index contributed by atoms with van der Waals surface area (Å²) in [6.45, 7) is 5.43. The third-order valence-electron chi connectivity index (χ3n) is 5.39. The first-order valence-electron chi connectivity index (χ1n) is 10.7. The Labute approximate surface area is 186 Å². The van der Waals surface area contributed by atoms with Gasteiger partial charge < -0.3 is 20.4 Å². The Morgan fingerprint density at radius 2 is 1.97 bits per heavy atom. The molecule has 0 radical (unpaired) electrons. The Kier molecular flexibility index (Phi) is 6.64. The molecule has 32 heavy (non-hydrogen) atoms. The zero-order chi connectivity index (χ0) is 22.3. The molecule has 1 aliphatic carbocycles. The minimum absolute atomic E-state index is 0.0167. The molecule has 9 nitrogen and oxygen atoms in total. The second-order valence-corrected chi connectivity index (χ2v) is 7.81. The molecule has 0 bridgehead atoms. The van der Waals surface area contributed by atoms with E-state index in [4.69, 9.17) is 4.74 Å². The maximum atomic E-state index is 12.0. The molecule has 166 valence electrons. The van der Waals surface area contributed by atoms with Crippen LogP contribution >= 0.6 is 0 Å². The molecule has 0 spiro atoms. The van der Waals surface area contributed by atoms with Crippen LogP contribution < -0.4 is 20.8 Å². The van der Waals surface area contributed by atoms with Gasteiger partial charge in [0.1, 0.15) is 5.75 Å². The van der Waals surface area contributed by atoms with Crippen molar-refractivity contribution < 1.29 is 9.53 Å². The molecule has 1 fully saturated rings. The second-order valence-electron chi connectivity index (χ2n) is 7.81. The summed E-state index contributed by atoms with van der Waals surface area (Å²) in [5.41, 5.74) is 6.50. The molecule has 1 saturated carbocycles. The summed E-state index contributed by atoms with van der Waals surface area (Å²) in [4.78, 5) is 15.2. The topological polar surface area (TPSA) is 116 Å². The SMILES string of the molecule is C=NNc1ccc(Nc2nnc(-c3ccc(OCC(=O)NC4CCCC4)cc3)[nH]2)cc1C. The summed E-state index contributed by atoms with van der Waals surface area (Å²) in [5.74, 6) is 1.72. The van der Waals surface area contributed by atoms with Crippen molar-refractivity contribution in [3.63, 3.8) is 0 Å². The van der Waals surface area contributed by atoms with Crippen LogP contribution in [-0.2, 0) is 4.79 Å². The van der Waals surface area contributed by atoms with Crippen LogP contribution in [0.2, 0.25) is 0 Å². The van der Waals surface area contributed by atoms with E-state index in [1.807, 2.05) is 49.4 Å². The van der Waals surface area contributed by atoms with Gasteiger partial charge in [0, 0.05) is 24.0 Å². The highest BCUT2D eigenvalue weighted by Gasteiger charge is 2.17. The molecular weight excluding hydrogens is 406 g/mol. The fraction of sp³-hybridized carbons (Fsp3) is 0.304. The van der Waals surface area contributed by atoms with Gasteiger partial charge in [-0.1, -0.05) is 12.8 Å². The van der Waals surface area contributed by atoms with Gasteiger partial charge in [-0.3, -0.25) is 10.2 Å². The van der Waals surface area contributed by atoms with Gasteiger partial charge in [-0.2, -0.15) is 5.10 Å². The van der Waals surface area contributed by atoms with E-state index in [2.05, 4.69) is 43.1 Å².